The summed E-state index contributed by atoms with van der Waals surface area (Å²) in [5.41, 5.74) is 0. The summed E-state index contributed by atoms with van der Waals surface area (Å²) in [6.45, 7) is 3.06. The number of nitrogens with zero attached hydrogens (tertiary/aromatic N) is 1. The van der Waals surface area contributed by atoms with Gasteiger partial charge in [0.15, 0.2) is 0 Å². The van der Waals surface area contributed by atoms with Crippen molar-refractivity contribution < 1.29 is 4.79 Å². The summed E-state index contributed by atoms with van der Waals surface area (Å²) >= 11 is 1.84. The van der Waals surface area contributed by atoms with Gasteiger partial charge in [-0.1, -0.05) is 0 Å². The number of hydrogen-bond acceptors (Lipinski definition) is 3. The quantitative estimate of drug-likeness (QED) is 0.567. The molecule has 0 aliphatic rings. The second kappa shape index (κ2) is 6.68. The Kier molecular flexibility index (Phi) is 6.66. The van der Waals surface area contributed by atoms with E-state index in [1.807, 2.05) is 11.8 Å². The van der Waals surface area contributed by atoms with Gasteiger partial charge in [-0.15, -0.1) is 0 Å². The smallest absolute Gasteiger partial charge is 0.121 e. The first-order chi connectivity index (χ1) is 5.22. The van der Waals surface area contributed by atoms with Crippen LogP contribution in [0.5, 0.6) is 0 Å². The molecule has 0 aromatic carbocycles. The number of aldehydes is 1. The van der Waals surface area contributed by atoms with E-state index in [9.17, 15) is 4.79 Å². The molecule has 0 N–H and O–H groups in total. The van der Waals surface area contributed by atoms with Gasteiger partial charge in [-0.3, -0.25) is 0 Å². The molecule has 0 saturated heterocycles. The Bertz CT molecular complexity index is 108. The molecular formula is C8H17NOS. The lowest BCUT2D eigenvalue weighted by Crippen LogP contribution is -2.31. The Morgan fingerprint density at radius 1 is 1.64 bits per heavy atom. The molecule has 0 aliphatic heterocycles. The minimum Gasteiger partial charge on any atom is -0.303 e. The van der Waals surface area contributed by atoms with Crippen LogP contribution >= 0.6 is 11.8 Å². The highest BCUT2D eigenvalue weighted by molar-refractivity contribution is 7.98. The Labute approximate surface area is 73.3 Å². The van der Waals surface area contributed by atoms with Crippen LogP contribution in [0.1, 0.15) is 13.3 Å². The van der Waals surface area contributed by atoms with E-state index in [1.165, 1.54) is 0 Å². The molecule has 3 heteroatoms. The fraction of sp³-hybridized carbons (Fsp3) is 0.875. The van der Waals surface area contributed by atoms with Gasteiger partial charge in [0.05, 0.1) is 0 Å². The standard InChI is InChI=1S/C8H17NOS/c1-8(7-11-3)9(2)5-4-6-10/h6,8H,4-5,7H2,1-3H3. The van der Waals surface area contributed by atoms with Crippen molar-refractivity contribution in [2.45, 2.75) is 19.4 Å². The summed E-state index contributed by atoms with van der Waals surface area (Å²) < 4.78 is 0. The summed E-state index contributed by atoms with van der Waals surface area (Å²) in [4.78, 5) is 12.3. The summed E-state index contributed by atoms with van der Waals surface area (Å²) in [5.74, 6) is 1.13. The van der Waals surface area contributed by atoms with Crippen LogP contribution in [-0.4, -0.2) is 42.8 Å². The highest BCUT2D eigenvalue weighted by Gasteiger charge is 2.06. The summed E-state index contributed by atoms with van der Waals surface area (Å²) in [6.07, 6.45) is 3.72. The molecule has 11 heavy (non-hydrogen) atoms. The summed E-state index contributed by atoms with van der Waals surface area (Å²) in [6, 6.07) is 0.574. The van der Waals surface area contributed by atoms with Crippen molar-refractivity contribution in [3.05, 3.63) is 0 Å². The molecule has 0 bridgehead atoms. The SMILES string of the molecule is CSCC(C)N(C)CCC=O. The van der Waals surface area contributed by atoms with E-state index >= 15 is 0 Å². The molecule has 0 aromatic heterocycles. The van der Waals surface area contributed by atoms with Crippen molar-refractivity contribution in [3.8, 4) is 0 Å². The number of rotatable bonds is 6. The van der Waals surface area contributed by atoms with Gasteiger partial charge in [-0.25, -0.2) is 0 Å². The topological polar surface area (TPSA) is 20.3 Å². The van der Waals surface area contributed by atoms with Gasteiger partial charge in [-0.05, 0) is 20.2 Å². The lowest BCUT2D eigenvalue weighted by Gasteiger charge is -2.22. The van der Waals surface area contributed by atoms with Crippen molar-refractivity contribution in [2.75, 3.05) is 25.6 Å². The van der Waals surface area contributed by atoms with E-state index in [2.05, 4.69) is 25.1 Å². The molecule has 0 saturated carbocycles. The van der Waals surface area contributed by atoms with Gasteiger partial charge in [0.25, 0.3) is 0 Å². The van der Waals surface area contributed by atoms with Crippen LogP contribution in [0.25, 0.3) is 0 Å². The zero-order chi connectivity index (χ0) is 8.69. The Morgan fingerprint density at radius 2 is 2.27 bits per heavy atom. The van der Waals surface area contributed by atoms with Crippen LogP contribution in [0, 0.1) is 0 Å². The third kappa shape index (κ3) is 5.27. The largest absolute Gasteiger partial charge is 0.303 e. The van der Waals surface area contributed by atoms with Crippen molar-refractivity contribution in [2.24, 2.45) is 0 Å². The maximum Gasteiger partial charge on any atom is 0.121 e. The Hall–Kier alpha value is -0.0200. The average Bonchev–Trinajstić information content (AvgIpc) is 2.00. The lowest BCUT2D eigenvalue weighted by molar-refractivity contribution is -0.108. The number of carbonyl (C=O) groups is 1. The monoisotopic (exact) mass is 175 g/mol. The first-order valence-electron chi connectivity index (χ1n) is 3.85. The molecule has 0 heterocycles. The van der Waals surface area contributed by atoms with Gasteiger partial charge in [0, 0.05) is 24.8 Å². The Morgan fingerprint density at radius 3 is 2.73 bits per heavy atom. The van der Waals surface area contributed by atoms with Crippen LogP contribution < -0.4 is 0 Å². The first-order valence-corrected chi connectivity index (χ1v) is 5.24. The van der Waals surface area contributed by atoms with Crippen LogP contribution in [-0.2, 0) is 4.79 Å². The normalized spacial score (nSPS) is 13.5. The highest BCUT2D eigenvalue weighted by atomic mass is 32.2. The van der Waals surface area contributed by atoms with Crippen LogP contribution in [0.15, 0.2) is 0 Å². The number of thioether (sulfide) groups is 1. The molecule has 0 rings (SSSR count). The minimum atomic E-state index is 0.574. The molecule has 1 atom stereocenters. The van der Waals surface area contributed by atoms with E-state index in [1.54, 1.807) is 0 Å². The minimum absolute atomic E-state index is 0.574. The predicted molar refractivity (Wildman–Crippen MR) is 51.2 cm³/mol. The van der Waals surface area contributed by atoms with Gasteiger partial charge in [0.2, 0.25) is 0 Å². The average molecular weight is 175 g/mol. The fourth-order valence-electron chi connectivity index (χ4n) is 0.845. The van der Waals surface area contributed by atoms with Crippen molar-refractivity contribution in [1.29, 1.82) is 0 Å². The van der Waals surface area contributed by atoms with Gasteiger partial charge in [-0.2, -0.15) is 11.8 Å². The molecule has 0 aromatic rings. The third-order valence-corrected chi connectivity index (χ3v) is 2.58. The second-order valence-electron chi connectivity index (χ2n) is 2.74. The van der Waals surface area contributed by atoms with Crippen LogP contribution in [0.4, 0.5) is 0 Å². The highest BCUT2D eigenvalue weighted by Crippen LogP contribution is 2.03. The molecule has 2 nitrogen and oxygen atoms in total. The van der Waals surface area contributed by atoms with Crippen LogP contribution in [0.3, 0.4) is 0 Å². The Balaban J connectivity index is 3.45. The zero-order valence-electron chi connectivity index (χ0n) is 7.54. The molecule has 0 radical (unpaired) electrons. The van der Waals surface area contributed by atoms with Crippen molar-refractivity contribution in [3.63, 3.8) is 0 Å². The van der Waals surface area contributed by atoms with E-state index in [-0.39, 0.29) is 0 Å². The lowest BCUT2D eigenvalue weighted by atomic mass is 10.3. The number of hydrogen-bond donors (Lipinski definition) is 0. The van der Waals surface area contributed by atoms with Crippen molar-refractivity contribution >= 4 is 18.0 Å². The van der Waals surface area contributed by atoms with Gasteiger partial charge in [0.1, 0.15) is 6.29 Å². The second-order valence-corrected chi connectivity index (χ2v) is 3.65. The molecular weight excluding hydrogens is 158 g/mol. The van der Waals surface area contributed by atoms with Gasteiger partial charge < -0.3 is 9.69 Å². The van der Waals surface area contributed by atoms with Crippen LogP contribution in [0.2, 0.25) is 0 Å². The molecule has 0 aliphatic carbocycles. The first kappa shape index (κ1) is 11.0. The molecule has 0 amide bonds. The summed E-state index contributed by atoms with van der Waals surface area (Å²) in [5, 5.41) is 0. The number of carbonyl (C=O) groups excluding carboxylic acids is 1. The fourth-order valence-corrected chi connectivity index (χ4v) is 1.58. The predicted octanol–water partition coefficient (Wildman–Crippen LogP) is 1.26. The molecule has 66 valence electrons. The van der Waals surface area contributed by atoms with E-state index in [4.69, 9.17) is 0 Å². The van der Waals surface area contributed by atoms with E-state index in [0.29, 0.717) is 12.5 Å². The molecule has 1 unspecified atom stereocenters. The zero-order valence-corrected chi connectivity index (χ0v) is 8.36. The van der Waals surface area contributed by atoms with E-state index in [0.717, 1.165) is 18.6 Å². The maximum atomic E-state index is 10.1. The molecule has 0 spiro atoms. The summed E-state index contributed by atoms with van der Waals surface area (Å²) in [7, 11) is 2.06. The third-order valence-electron chi connectivity index (χ3n) is 1.76. The van der Waals surface area contributed by atoms with Gasteiger partial charge >= 0.3 is 0 Å². The van der Waals surface area contributed by atoms with E-state index < -0.39 is 0 Å². The maximum absolute atomic E-state index is 10.1. The van der Waals surface area contributed by atoms with Crippen molar-refractivity contribution in [1.82, 2.24) is 4.90 Å². The molecule has 0 fully saturated rings.